The first kappa shape index (κ1) is 31.7. The van der Waals surface area contributed by atoms with E-state index in [1.165, 1.54) is 37.4 Å². The molecule has 0 bridgehead atoms. The molecule has 4 aromatic rings. The monoisotopic (exact) mass is 624 g/mol. The number of halogens is 3. The van der Waals surface area contributed by atoms with Crippen molar-refractivity contribution in [3.63, 3.8) is 0 Å². The summed E-state index contributed by atoms with van der Waals surface area (Å²) in [6, 6.07) is 17.4. The number of rotatable bonds is 9. The zero-order valence-corrected chi connectivity index (χ0v) is 25.4. The van der Waals surface area contributed by atoms with E-state index in [1.807, 2.05) is 6.07 Å². The molecule has 1 heterocycles. The Morgan fingerprint density at radius 2 is 1.73 bits per heavy atom. The molecule has 12 heteroatoms. The van der Waals surface area contributed by atoms with Crippen molar-refractivity contribution in [3.05, 3.63) is 72.3 Å². The van der Waals surface area contributed by atoms with Gasteiger partial charge < -0.3 is 29.4 Å². The highest BCUT2D eigenvalue weighted by Gasteiger charge is 2.35. The number of hydrogen-bond acceptors (Lipinski definition) is 7. The van der Waals surface area contributed by atoms with Crippen molar-refractivity contribution in [2.75, 3.05) is 24.4 Å². The first-order chi connectivity index (χ1) is 21.3. The van der Waals surface area contributed by atoms with Gasteiger partial charge in [0.2, 0.25) is 5.95 Å². The summed E-state index contributed by atoms with van der Waals surface area (Å²) in [5, 5.41) is 5.99. The van der Waals surface area contributed by atoms with Gasteiger partial charge in [0.05, 0.1) is 23.7 Å². The Morgan fingerprint density at radius 1 is 1.00 bits per heavy atom. The highest BCUT2D eigenvalue weighted by molar-refractivity contribution is 5.95. The van der Waals surface area contributed by atoms with E-state index in [9.17, 15) is 22.8 Å². The van der Waals surface area contributed by atoms with Crippen LogP contribution in [0.2, 0.25) is 0 Å². The lowest BCUT2D eigenvalue weighted by molar-refractivity contribution is -0.274. The normalized spacial score (nSPS) is 17.8. The maximum absolute atomic E-state index is 12.6. The minimum atomic E-state index is -4.77. The minimum absolute atomic E-state index is 0.111. The summed E-state index contributed by atoms with van der Waals surface area (Å²) >= 11 is 0. The number of alkyl halides is 3. The van der Waals surface area contributed by atoms with E-state index in [4.69, 9.17) is 14.5 Å². The van der Waals surface area contributed by atoms with Crippen molar-refractivity contribution in [1.29, 1.82) is 0 Å². The number of carbonyl (C=O) groups excluding carboxylic acids is 2. The summed E-state index contributed by atoms with van der Waals surface area (Å²) in [6.45, 7) is 6.47. The third kappa shape index (κ3) is 8.05. The first-order valence-corrected chi connectivity index (χ1v) is 14.5. The zero-order valence-electron chi connectivity index (χ0n) is 25.4. The molecule has 1 aliphatic carbocycles. The van der Waals surface area contributed by atoms with Gasteiger partial charge in [-0.15, -0.1) is 13.2 Å². The van der Waals surface area contributed by atoms with Crippen LogP contribution in [0, 0.1) is 11.3 Å². The van der Waals surface area contributed by atoms with E-state index in [-0.39, 0.29) is 23.8 Å². The van der Waals surface area contributed by atoms with Crippen LogP contribution in [0.3, 0.4) is 0 Å². The fourth-order valence-corrected chi connectivity index (χ4v) is 6.18. The van der Waals surface area contributed by atoms with Gasteiger partial charge in [-0.05, 0) is 85.2 Å². The molecule has 2 N–H and O–H groups in total. The quantitative estimate of drug-likeness (QED) is 0.183. The Morgan fingerprint density at radius 3 is 2.42 bits per heavy atom. The van der Waals surface area contributed by atoms with Gasteiger partial charge in [0, 0.05) is 23.5 Å². The maximum Gasteiger partial charge on any atom is 0.573 e. The average Bonchev–Trinajstić information content (AvgIpc) is 3.32. The summed E-state index contributed by atoms with van der Waals surface area (Å²) in [5.41, 5.74) is 2.89. The average molecular weight is 625 g/mol. The van der Waals surface area contributed by atoms with E-state index in [0.717, 1.165) is 24.8 Å². The highest BCUT2D eigenvalue weighted by atomic mass is 19.4. The number of ether oxygens (including phenoxy) is 3. The molecule has 1 saturated carbocycles. The third-order valence-corrected chi connectivity index (χ3v) is 7.67. The number of fused-ring (bicyclic) bond motifs is 1. The number of hydrogen-bond donors (Lipinski definition) is 2. The summed E-state index contributed by atoms with van der Waals surface area (Å²) in [4.78, 5) is 29.2. The lowest BCUT2D eigenvalue weighted by Crippen LogP contribution is -2.29. The van der Waals surface area contributed by atoms with Crippen molar-refractivity contribution >= 4 is 40.2 Å². The number of methoxy groups -OCH3 is 1. The van der Waals surface area contributed by atoms with Gasteiger partial charge in [-0.1, -0.05) is 26.8 Å². The predicted octanol–water partition coefficient (Wildman–Crippen LogP) is 7.87. The van der Waals surface area contributed by atoms with Crippen molar-refractivity contribution in [2.45, 2.75) is 52.4 Å². The molecular formula is C33H35F3N4O5. The Labute approximate surface area is 258 Å². The third-order valence-electron chi connectivity index (χ3n) is 7.67. The van der Waals surface area contributed by atoms with E-state index in [2.05, 4.69) is 40.7 Å². The van der Waals surface area contributed by atoms with Crippen LogP contribution in [0.25, 0.3) is 11.0 Å². The summed E-state index contributed by atoms with van der Waals surface area (Å²) in [6.07, 6.45) is -1.81. The lowest BCUT2D eigenvalue weighted by Gasteiger charge is -2.40. The SMILES string of the molecule is COC(=O)c1cccc(NC(=O)COc2ccc3c(c2)nc(Nc2ccc(OC(F)(F)F)cc2)n3[C@H]2C[C@@H](C)CC(C)(C)C2)c1. The number of benzene rings is 3. The number of nitrogens with one attached hydrogen (secondary N) is 2. The van der Waals surface area contributed by atoms with Crippen molar-refractivity contribution in [2.24, 2.45) is 11.3 Å². The molecule has 238 valence electrons. The van der Waals surface area contributed by atoms with Crippen molar-refractivity contribution in [1.82, 2.24) is 9.55 Å². The molecule has 1 aromatic heterocycles. The van der Waals surface area contributed by atoms with Crippen LogP contribution in [0.5, 0.6) is 11.5 Å². The smallest absolute Gasteiger partial charge is 0.484 e. The molecule has 0 unspecified atom stereocenters. The maximum atomic E-state index is 12.6. The van der Waals surface area contributed by atoms with Crippen LogP contribution in [-0.4, -0.2) is 41.5 Å². The van der Waals surface area contributed by atoms with Gasteiger partial charge in [0.25, 0.3) is 5.91 Å². The van der Waals surface area contributed by atoms with Crippen LogP contribution < -0.4 is 20.1 Å². The summed E-state index contributed by atoms with van der Waals surface area (Å²) in [7, 11) is 1.28. The standard InChI is InChI=1S/C33H35F3N4O5/c1-20-14-24(18-32(2,3)17-20)40-28-13-12-26(44-19-29(41)37-23-7-5-6-21(15-23)30(42)43-4)16-27(28)39-31(40)38-22-8-10-25(11-9-22)45-33(34,35)36/h5-13,15-16,20,24H,14,17-19H2,1-4H3,(H,37,41)(H,38,39)/t20-,24+/m1/s1. The summed E-state index contributed by atoms with van der Waals surface area (Å²) < 4.78 is 54.6. The molecule has 1 aliphatic rings. The second kappa shape index (κ2) is 12.7. The Balaban J connectivity index is 1.37. The van der Waals surface area contributed by atoms with Crippen LogP contribution in [0.1, 0.15) is 56.4 Å². The van der Waals surface area contributed by atoms with Gasteiger partial charge in [-0.25, -0.2) is 9.78 Å². The highest BCUT2D eigenvalue weighted by Crippen LogP contribution is 2.46. The number of anilines is 3. The molecule has 0 saturated heterocycles. The Bertz CT molecular complexity index is 1680. The molecule has 9 nitrogen and oxygen atoms in total. The molecule has 2 atom stereocenters. The van der Waals surface area contributed by atoms with Gasteiger partial charge in [0.15, 0.2) is 6.61 Å². The van der Waals surface area contributed by atoms with Crippen LogP contribution in [0.15, 0.2) is 66.7 Å². The van der Waals surface area contributed by atoms with E-state index in [0.29, 0.717) is 40.1 Å². The van der Waals surface area contributed by atoms with Gasteiger partial charge in [-0.3, -0.25) is 4.79 Å². The second-order valence-corrected chi connectivity index (χ2v) is 12.1. The zero-order chi connectivity index (χ0) is 32.4. The van der Waals surface area contributed by atoms with Gasteiger partial charge in [0.1, 0.15) is 11.5 Å². The molecule has 1 fully saturated rings. The van der Waals surface area contributed by atoms with E-state index < -0.39 is 18.2 Å². The largest absolute Gasteiger partial charge is 0.573 e. The number of amides is 1. The van der Waals surface area contributed by atoms with E-state index >= 15 is 0 Å². The Kier molecular flexibility index (Phi) is 8.94. The Hall–Kier alpha value is -4.74. The van der Waals surface area contributed by atoms with Crippen LogP contribution in [0.4, 0.5) is 30.5 Å². The first-order valence-electron chi connectivity index (χ1n) is 14.5. The number of carbonyl (C=O) groups is 2. The number of nitrogens with zero attached hydrogens (tertiary/aromatic N) is 2. The molecule has 5 rings (SSSR count). The van der Waals surface area contributed by atoms with Crippen LogP contribution in [-0.2, 0) is 9.53 Å². The molecule has 0 aliphatic heterocycles. The summed E-state index contributed by atoms with van der Waals surface area (Å²) in [5.74, 6) is 0.223. The number of esters is 1. The predicted molar refractivity (Wildman–Crippen MR) is 164 cm³/mol. The lowest BCUT2D eigenvalue weighted by atomic mass is 9.70. The minimum Gasteiger partial charge on any atom is -0.484 e. The van der Waals surface area contributed by atoms with E-state index in [1.54, 1.807) is 30.3 Å². The molecule has 1 amide bonds. The number of imidazole rings is 1. The molecular weight excluding hydrogens is 589 g/mol. The van der Waals surface area contributed by atoms with Gasteiger partial charge >= 0.3 is 12.3 Å². The molecule has 0 radical (unpaired) electrons. The van der Waals surface area contributed by atoms with Crippen molar-refractivity contribution < 1.29 is 37.0 Å². The second-order valence-electron chi connectivity index (χ2n) is 12.1. The number of aromatic nitrogens is 2. The molecule has 0 spiro atoms. The fraction of sp³-hybridized carbons (Fsp3) is 0.364. The van der Waals surface area contributed by atoms with Gasteiger partial charge in [-0.2, -0.15) is 0 Å². The molecule has 3 aromatic carbocycles. The molecule has 45 heavy (non-hydrogen) atoms. The fourth-order valence-electron chi connectivity index (χ4n) is 6.18. The topological polar surface area (TPSA) is 104 Å². The van der Waals surface area contributed by atoms with Crippen molar-refractivity contribution in [3.8, 4) is 11.5 Å². The van der Waals surface area contributed by atoms with Crippen LogP contribution >= 0.6 is 0 Å².